The lowest BCUT2D eigenvalue weighted by Crippen LogP contribution is -2.03. The molecular formula is C61H37N3S2. The minimum atomic E-state index is 0.617. The molecule has 0 aliphatic rings. The van der Waals surface area contributed by atoms with Crippen molar-refractivity contribution in [2.24, 2.45) is 0 Å². The zero-order chi connectivity index (χ0) is 43.6. The van der Waals surface area contributed by atoms with Gasteiger partial charge >= 0.3 is 0 Å². The highest BCUT2D eigenvalue weighted by molar-refractivity contribution is 7.26. The van der Waals surface area contributed by atoms with Crippen LogP contribution in [-0.4, -0.2) is 15.0 Å². The molecule has 13 aromatic rings. The Hall–Kier alpha value is -8.09. The largest absolute Gasteiger partial charge is 0.208 e. The van der Waals surface area contributed by atoms with E-state index < -0.39 is 0 Å². The molecule has 0 aliphatic heterocycles. The number of nitrogens with zero attached hydrogens (tertiary/aromatic N) is 3. The van der Waals surface area contributed by atoms with Crippen LogP contribution in [0.4, 0.5) is 0 Å². The lowest BCUT2D eigenvalue weighted by atomic mass is 9.84. The van der Waals surface area contributed by atoms with Crippen molar-refractivity contribution in [1.82, 2.24) is 15.0 Å². The summed E-state index contributed by atoms with van der Waals surface area (Å²) in [5, 5.41) is 7.20. The first-order valence-electron chi connectivity index (χ1n) is 22.2. The summed E-state index contributed by atoms with van der Waals surface area (Å²) in [6.45, 7) is 0. The summed E-state index contributed by atoms with van der Waals surface area (Å²) in [6.07, 6.45) is 0. The molecule has 3 aromatic heterocycles. The molecule has 0 unspecified atom stereocenters. The van der Waals surface area contributed by atoms with Crippen LogP contribution >= 0.6 is 22.7 Å². The van der Waals surface area contributed by atoms with Gasteiger partial charge in [-0.1, -0.05) is 188 Å². The first-order valence-corrected chi connectivity index (χ1v) is 23.8. The summed E-state index contributed by atoms with van der Waals surface area (Å²) < 4.78 is 4.79. The van der Waals surface area contributed by atoms with Crippen molar-refractivity contribution in [2.45, 2.75) is 0 Å². The second-order valence-corrected chi connectivity index (χ2v) is 18.7. The van der Waals surface area contributed by atoms with Gasteiger partial charge in [-0.2, -0.15) is 0 Å². The first kappa shape index (κ1) is 38.4. The normalized spacial score (nSPS) is 11.6. The molecule has 0 saturated heterocycles. The van der Waals surface area contributed by atoms with Gasteiger partial charge in [0.25, 0.3) is 0 Å². The van der Waals surface area contributed by atoms with Crippen LogP contribution in [0.1, 0.15) is 0 Å². The molecule has 0 N–H and O–H groups in total. The van der Waals surface area contributed by atoms with Gasteiger partial charge in [0, 0.05) is 57.0 Å². The standard InChI is InChI=1S/C61H37N3S2/c1-3-18-38(19-4-1)41-36-52(44-26-10-9-25-42(44)39-20-5-2-6-21-39)56(53(37-41)45-29-15-23-40-22-7-8-24-43(40)45)61-63-59(50-32-16-30-48-46-27-11-13-34-54(46)65-57(48)50)62-60(64-61)51-33-17-31-49-47-28-12-14-35-55(47)66-58(49)51/h1-37H. The minimum Gasteiger partial charge on any atom is -0.208 e. The van der Waals surface area contributed by atoms with Gasteiger partial charge in [0.05, 0.1) is 0 Å². The maximum atomic E-state index is 5.69. The second kappa shape index (κ2) is 15.9. The van der Waals surface area contributed by atoms with Crippen LogP contribution < -0.4 is 0 Å². The fraction of sp³-hybridized carbons (Fsp3) is 0. The molecule has 13 rings (SSSR count). The highest BCUT2D eigenvalue weighted by atomic mass is 32.1. The molecule has 0 radical (unpaired) electrons. The van der Waals surface area contributed by atoms with E-state index >= 15 is 0 Å². The zero-order valence-electron chi connectivity index (χ0n) is 35.5. The molecule has 0 saturated carbocycles. The van der Waals surface area contributed by atoms with E-state index in [1.54, 1.807) is 22.7 Å². The van der Waals surface area contributed by atoms with Crippen molar-refractivity contribution in [2.75, 3.05) is 0 Å². The van der Waals surface area contributed by atoms with Crippen molar-refractivity contribution < 1.29 is 0 Å². The lowest BCUT2D eigenvalue weighted by molar-refractivity contribution is 1.08. The van der Waals surface area contributed by atoms with Crippen LogP contribution in [0.5, 0.6) is 0 Å². The van der Waals surface area contributed by atoms with Crippen LogP contribution in [0.2, 0.25) is 0 Å². The Balaban J connectivity index is 1.19. The molecule has 10 aromatic carbocycles. The maximum absolute atomic E-state index is 5.69. The van der Waals surface area contributed by atoms with Crippen molar-refractivity contribution in [3.63, 3.8) is 0 Å². The van der Waals surface area contributed by atoms with Crippen molar-refractivity contribution in [3.8, 4) is 78.7 Å². The Labute approximate surface area is 389 Å². The number of benzene rings is 10. The molecule has 0 fully saturated rings. The Bertz CT molecular complexity index is 3860. The summed E-state index contributed by atoms with van der Waals surface area (Å²) in [5.74, 6) is 1.90. The quantitative estimate of drug-likeness (QED) is 0.160. The summed E-state index contributed by atoms with van der Waals surface area (Å²) in [5.41, 5.74) is 11.7. The minimum absolute atomic E-state index is 0.617. The number of fused-ring (bicyclic) bond motifs is 7. The molecule has 3 heterocycles. The highest BCUT2D eigenvalue weighted by Crippen LogP contribution is 2.48. The fourth-order valence-corrected chi connectivity index (χ4v) is 12.2. The van der Waals surface area contributed by atoms with E-state index in [1.165, 1.54) is 36.3 Å². The Morgan fingerprint density at radius 3 is 1.32 bits per heavy atom. The SMILES string of the molecule is c1ccc(-c2cc(-c3ccccc3-c3ccccc3)c(-c3nc(-c4cccc5c4sc4ccccc45)nc(-c4cccc5c4sc4ccccc45)n3)c(-c3cccc4ccccc34)c2)cc1. The molecule has 5 heteroatoms. The van der Waals surface area contributed by atoms with Crippen LogP contribution in [-0.2, 0) is 0 Å². The van der Waals surface area contributed by atoms with E-state index in [4.69, 9.17) is 15.0 Å². The summed E-state index contributed by atoms with van der Waals surface area (Å²) >= 11 is 3.59. The predicted molar refractivity (Wildman–Crippen MR) is 281 cm³/mol. The van der Waals surface area contributed by atoms with Gasteiger partial charge in [0.2, 0.25) is 0 Å². The molecule has 0 spiro atoms. The van der Waals surface area contributed by atoms with E-state index in [0.29, 0.717) is 17.5 Å². The van der Waals surface area contributed by atoms with Crippen molar-refractivity contribution in [3.05, 3.63) is 224 Å². The Morgan fingerprint density at radius 1 is 0.258 bits per heavy atom. The van der Waals surface area contributed by atoms with E-state index in [2.05, 4.69) is 224 Å². The Morgan fingerprint density at radius 2 is 0.682 bits per heavy atom. The molecule has 0 amide bonds. The molecular weight excluding hydrogens is 839 g/mol. The van der Waals surface area contributed by atoms with Crippen LogP contribution in [0.3, 0.4) is 0 Å². The van der Waals surface area contributed by atoms with Crippen LogP contribution in [0, 0.1) is 0 Å². The van der Waals surface area contributed by atoms with Crippen LogP contribution in [0.15, 0.2) is 224 Å². The van der Waals surface area contributed by atoms with Crippen molar-refractivity contribution >= 4 is 73.8 Å². The molecule has 3 nitrogen and oxygen atoms in total. The van der Waals surface area contributed by atoms with Gasteiger partial charge in [-0.3, -0.25) is 0 Å². The smallest absolute Gasteiger partial charge is 0.165 e. The monoisotopic (exact) mass is 875 g/mol. The third-order valence-electron chi connectivity index (χ3n) is 12.8. The van der Waals surface area contributed by atoms with E-state index in [0.717, 1.165) is 76.0 Å². The van der Waals surface area contributed by atoms with Gasteiger partial charge < -0.3 is 0 Å². The van der Waals surface area contributed by atoms with E-state index in [-0.39, 0.29) is 0 Å². The first-order chi connectivity index (χ1) is 32.7. The topological polar surface area (TPSA) is 38.7 Å². The van der Waals surface area contributed by atoms with Crippen molar-refractivity contribution in [1.29, 1.82) is 0 Å². The number of aromatic nitrogens is 3. The number of hydrogen-bond donors (Lipinski definition) is 0. The molecule has 0 atom stereocenters. The lowest BCUT2D eigenvalue weighted by Gasteiger charge is -2.21. The second-order valence-electron chi connectivity index (χ2n) is 16.6. The van der Waals surface area contributed by atoms with Gasteiger partial charge in [0.15, 0.2) is 17.5 Å². The predicted octanol–water partition coefficient (Wildman–Crippen LogP) is 17.4. The van der Waals surface area contributed by atoms with Gasteiger partial charge in [-0.15, -0.1) is 22.7 Å². The zero-order valence-corrected chi connectivity index (χ0v) is 37.2. The number of rotatable bonds is 7. The third-order valence-corrected chi connectivity index (χ3v) is 15.2. The summed E-state index contributed by atoms with van der Waals surface area (Å²) in [6, 6.07) is 80.6. The van der Waals surface area contributed by atoms with Gasteiger partial charge in [0.1, 0.15) is 0 Å². The average Bonchev–Trinajstić information content (AvgIpc) is 3.97. The summed E-state index contributed by atoms with van der Waals surface area (Å²) in [4.78, 5) is 16.9. The van der Waals surface area contributed by atoms with E-state index in [9.17, 15) is 0 Å². The maximum Gasteiger partial charge on any atom is 0.165 e. The van der Waals surface area contributed by atoms with E-state index in [1.807, 2.05) is 0 Å². The molecule has 66 heavy (non-hydrogen) atoms. The molecule has 308 valence electrons. The summed E-state index contributed by atoms with van der Waals surface area (Å²) in [7, 11) is 0. The number of hydrogen-bond acceptors (Lipinski definition) is 5. The Kier molecular flexibility index (Phi) is 9.22. The number of thiophene rings is 2. The van der Waals surface area contributed by atoms with Gasteiger partial charge in [-0.05, 0) is 91.7 Å². The highest BCUT2D eigenvalue weighted by Gasteiger charge is 2.25. The van der Waals surface area contributed by atoms with Gasteiger partial charge in [-0.25, -0.2) is 15.0 Å². The third kappa shape index (κ3) is 6.43. The average molecular weight is 876 g/mol. The molecule has 0 bridgehead atoms. The fourth-order valence-electron chi connectivity index (χ4n) is 9.73. The van der Waals surface area contributed by atoms with Crippen LogP contribution in [0.25, 0.3) is 130 Å². The molecule has 0 aliphatic carbocycles.